The van der Waals surface area contributed by atoms with E-state index in [1.54, 1.807) is 6.33 Å². The Labute approximate surface area is 132 Å². The first-order chi connectivity index (χ1) is 10.6. The van der Waals surface area contributed by atoms with Gasteiger partial charge in [-0.2, -0.15) is 0 Å². The van der Waals surface area contributed by atoms with Gasteiger partial charge in [0.25, 0.3) is 0 Å². The third-order valence-electron chi connectivity index (χ3n) is 4.50. The zero-order chi connectivity index (χ0) is 15.5. The maximum Gasteiger partial charge on any atom is 0.135 e. The van der Waals surface area contributed by atoms with Crippen LogP contribution < -0.4 is 10.2 Å². The largest absolute Gasteiger partial charge is 0.356 e. The van der Waals surface area contributed by atoms with Gasteiger partial charge in [-0.05, 0) is 49.8 Å². The van der Waals surface area contributed by atoms with Gasteiger partial charge in [0.15, 0.2) is 0 Å². The van der Waals surface area contributed by atoms with E-state index < -0.39 is 0 Å². The van der Waals surface area contributed by atoms with Crippen molar-refractivity contribution in [2.45, 2.75) is 33.6 Å². The monoisotopic (exact) mass is 296 g/mol. The maximum absolute atomic E-state index is 4.45. The van der Waals surface area contributed by atoms with Crippen LogP contribution in [0.1, 0.15) is 30.9 Å². The summed E-state index contributed by atoms with van der Waals surface area (Å²) in [6.45, 7) is 8.74. The smallest absolute Gasteiger partial charge is 0.135 e. The van der Waals surface area contributed by atoms with Crippen molar-refractivity contribution < 1.29 is 0 Å². The van der Waals surface area contributed by atoms with Crippen LogP contribution in [-0.4, -0.2) is 23.1 Å². The topological polar surface area (TPSA) is 41.0 Å². The summed E-state index contributed by atoms with van der Waals surface area (Å²) in [6, 6.07) is 8.34. The van der Waals surface area contributed by atoms with E-state index in [1.165, 1.54) is 24.0 Å². The fourth-order valence-corrected chi connectivity index (χ4v) is 3.01. The Kier molecular flexibility index (Phi) is 4.27. The molecule has 22 heavy (non-hydrogen) atoms. The third-order valence-corrected chi connectivity index (χ3v) is 4.50. The highest BCUT2D eigenvalue weighted by Crippen LogP contribution is 2.25. The van der Waals surface area contributed by atoms with E-state index in [9.17, 15) is 0 Å². The molecule has 1 fully saturated rings. The number of benzene rings is 1. The van der Waals surface area contributed by atoms with Gasteiger partial charge in [-0.15, -0.1) is 0 Å². The van der Waals surface area contributed by atoms with Gasteiger partial charge >= 0.3 is 0 Å². The SMILES string of the molecule is Cc1cccc(Nc2cc(N3CCCC(C)C3)ncn2)c1C. The number of hydrogen-bond acceptors (Lipinski definition) is 4. The quantitative estimate of drug-likeness (QED) is 0.927. The van der Waals surface area contributed by atoms with Crippen LogP contribution in [0.4, 0.5) is 17.3 Å². The number of rotatable bonds is 3. The summed E-state index contributed by atoms with van der Waals surface area (Å²) in [5.41, 5.74) is 3.65. The minimum atomic E-state index is 0.735. The van der Waals surface area contributed by atoms with Gasteiger partial charge in [-0.3, -0.25) is 0 Å². The molecule has 1 aliphatic heterocycles. The second kappa shape index (κ2) is 6.34. The van der Waals surface area contributed by atoms with E-state index in [-0.39, 0.29) is 0 Å². The molecule has 4 nitrogen and oxygen atoms in total. The van der Waals surface area contributed by atoms with Crippen LogP contribution in [0.25, 0.3) is 0 Å². The Morgan fingerprint density at radius 1 is 1.23 bits per heavy atom. The number of nitrogens with zero attached hydrogens (tertiary/aromatic N) is 3. The number of aromatic nitrogens is 2. The molecule has 1 aromatic heterocycles. The normalized spacial score (nSPS) is 18.3. The van der Waals surface area contributed by atoms with E-state index in [0.29, 0.717) is 0 Å². The van der Waals surface area contributed by atoms with Crippen molar-refractivity contribution in [1.29, 1.82) is 0 Å². The van der Waals surface area contributed by atoms with E-state index >= 15 is 0 Å². The second-order valence-corrected chi connectivity index (χ2v) is 6.33. The summed E-state index contributed by atoms with van der Waals surface area (Å²) in [4.78, 5) is 11.2. The Morgan fingerprint density at radius 2 is 2.09 bits per heavy atom. The molecule has 0 radical (unpaired) electrons. The molecule has 1 aromatic carbocycles. The van der Waals surface area contributed by atoms with Crippen molar-refractivity contribution in [3.05, 3.63) is 41.7 Å². The molecule has 2 heterocycles. The molecule has 4 heteroatoms. The highest BCUT2D eigenvalue weighted by Gasteiger charge is 2.18. The predicted octanol–water partition coefficient (Wildman–Crippen LogP) is 4.07. The highest BCUT2D eigenvalue weighted by atomic mass is 15.2. The molecule has 0 amide bonds. The molecule has 1 unspecified atom stereocenters. The lowest BCUT2D eigenvalue weighted by Crippen LogP contribution is -2.34. The summed E-state index contributed by atoms with van der Waals surface area (Å²) in [5.74, 6) is 2.62. The minimum absolute atomic E-state index is 0.735. The predicted molar refractivity (Wildman–Crippen MR) is 91.8 cm³/mol. The first-order valence-electron chi connectivity index (χ1n) is 8.03. The summed E-state index contributed by atoms with van der Waals surface area (Å²) >= 11 is 0. The van der Waals surface area contributed by atoms with Crippen molar-refractivity contribution in [3.8, 4) is 0 Å². The maximum atomic E-state index is 4.45. The van der Waals surface area contributed by atoms with Crippen LogP contribution in [0.2, 0.25) is 0 Å². The molecule has 1 saturated heterocycles. The van der Waals surface area contributed by atoms with Crippen LogP contribution >= 0.6 is 0 Å². The molecular formula is C18H24N4. The third kappa shape index (κ3) is 3.21. The lowest BCUT2D eigenvalue weighted by Gasteiger charge is -2.31. The van der Waals surface area contributed by atoms with E-state index in [4.69, 9.17) is 0 Å². The molecule has 2 aromatic rings. The van der Waals surface area contributed by atoms with Gasteiger partial charge < -0.3 is 10.2 Å². The standard InChI is InChI=1S/C18H24N4/c1-13-6-5-9-22(11-13)18-10-17(19-12-20-18)21-16-8-4-7-14(2)15(16)3/h4,7-8,10,12-13H,5-6,9,11H2,1-3H3,(H,19,20,21). The summed E-state index contributed by atoms with van der Waals surface area (Å²) in [6.07, 6.45) is 4.21. The summed E-state index contributed by atoms with van der Waals surface area (Å²) in [5, 5.41) is 3.43. The van der Waals surface area contributed by atoms with Gasteiger partial charge in [0, 0.05) is 24.8 Å². The zero-order valence-electron chi connectivity index (χ0n) is 13.6. The molecule has 0 saturated carbocycles. The zero-order valence-corrected chi connectivity index (χ0v) is 13.6. The average Bonchev–Trinajstić information content (AvgIpc) is 2.52. The van der Waals surface area contributed by atoms with Gasteiger partial charge in [0.2, 0.25) is 0 Å². The molecule has 1 aliphatic rings. The van der Waals surface area contributed by atoms with Crippen LogP contribution in [0, 0.1) is 19.8 Å². The Balaban J connectivity index is 1.80. The van der Waals surface area contributed by atoms with E-state index in [1.807, 2.05) is 0 Å². The van der Waals surface area contributed by atoms with E-state index in [2.05, 4.69) is 65.2 Å². The van der Waals surface area contributed by atoms with Crippen molar-refractivity contribution in [2.75, 3.05) is 23.3 Å². The fourth-order valence-electron chi connectivity index (χ4n) is 3.01. The van der Waals surface area contributed by atoms with Crippen molar-refractivity contribution in [3.63, 3.8) is 0 Å². The first kappa shape index (κ1) is 14.8. The highest BCUT2D eigenvalue weighted by molar-refractivity contribution is 5.63. The van der Waals surface area contributed by atoms with Crippen LogP contribution in [0.5, 0.6) is 0 Å². The molecule has 3 rings (SSSR count). The van der Waals surface area contributed by atoms with Gasteiger partial charge in [0.05, 0.1) is 0 Å². The van der Waals surface area contributed by atoms with Crippen LogP contribution in [0.15, 0.2) is 30.6 Å². The van der Waals surface area contributed by atoms with Crippen molar-refractivity contribution in [2.24, 2.45) is 5.92 Å². The Bertz CT molecular complexity index is 653. The van der Waals surface area contributed by atoms with Gasteiger partial charge in [-0.1, -0.05) is 19.1 Å². The Hall–Kier alpha value is -2.10. The van der Waals surface area contributed by atoms with Crippen molar-refractivity contribution >= 4 is 17.3 Å². The molecule has 0 aliphatic carbocycles. The first-order valence-corrected chi connectivity index (χ1v) is 8.03. The second-order valence-electron chi connectivity index (χ2n) is 6.33. The number of hydrogen-bond donors (Lipinski definition) is 1. The molecule has 0 bridgehead atoms. The van der Waals surface area contributed by atoms with Gasteiger partial charge in [0.1, 0.15) is 18.0 Å². The number of aryl methyl sites for hydroxylation is 1. The molecular weight excluding hydrogens is 272 g/mol. The summed E-state index contributed by atoms with van der Waals surface area (Å²) < 4.78 is 0. The van der Waals surface area contributed by atoms with E-state index in [0.717, 1.165) is 36.3 Å². The van der Waals surface area contributed by atoms with Gasteiger partial charge in [-0.25, -0.2) is 9.97 Å². The molecule has 0 spiro atoms. The molecule has 116 valence electrons. The number of nitrogens with one attached hydrogen (secondary N) is 1. The fraction of sp³-hybridized carbons (Fsp3) is 0.444. The lowest BCUT2D eigenvalue weighted by molar-refractivity contribution is 0.444. The molecule has 1 N–H and O–H groups in total. The summed E-state index contributed by atoms with van der Waals surface area (Å²) in [7, 11) is 0. The van der Waals surface area contributed by atoms with Crippen LogP contribution in [-0.2, 0) is 0 Å². The number of piperidine rings is 1. The van der Waals surface area contributed by atoms with Crippen molar-refractivity contribution in [1.82, 2.24) is 9.97 Å². The molecule has 1 atom stereocenters. The van der Waals surface area contributed by atoms with Crippen LogP contribution in [0.3, 0.4) is 0 Å². The Morgan fingerprint density at radius 3 is 2.91 bits per heavy atom. The average molecular weight is 296 g/mol. The minimum Gasteiger partial charge on any atom is -0.356 e. The number of anilines is 3. The lowest BCUT2D eigenvalue weighted by atomic mass is 10.0.